The van der Waals surface area contributed by atoms with Crippen molar-refractivity contribution in [1.82, 2.24) is 0 Å². The van der Waals surface area contributed by atoms with E-state index in [0.29, 0.717) is 12.1 Å². The van der Waals surface area contributed by atoms with Gasteiger partial charge in [0.15, 0.2) is 6.61 Å². The lowest BCUT2D eigenvalue weighted by molar-refractivity contribution is -0.142. The Hall–Kier alpha value is -1.95. The fourth-order valence-electron chi connectivity index (χ4n) is 2.34. The molecule has 12 heteroatoms. The van der Waals surface area contributed by atoms with Crippen molar-refractivity contribution < 1.29 is 49.7 Å². The van der Waals surface area contributed by atoms with E-state index in [0.717, 1.165) is 7.11 Å². The van der Waals surface area contributed by atoms with Gasteiger partial charge < -0.3 is 14.6 Å². The van der Waals surface area contributed by atoms with E-state index in [4.69, 9.17) is 4.74 Å². The molecule has 0 spiro atoms. The van der Waals surface area contributed by atoms with Gasteiger partial charge in [-0.3, -0.25) is 0 Å². The number of esters is 1. The van der Waals surface area contributed by atoms with Crippen molar-refractivity contribution in [3.05, 3.63) is 23.3 Å². The summed E-state index contributed by atoms with van der Waals surface area (Å²) in [5.41, 5.74) is -7.45. The molecule has 0 radical (unpaired) electrons. The van der Waals surface area contributed by atoms with Crippen LogP contribution in [0.5, 0.6) is 5.75 Å². The first-order valence-electron chi connectivity index (χ1n) is 6.55. The SMILES string of the molecule is COC(=O)COc1ccc(S(=O)(=O)C(F)(F)F)c2c1CC(F)(F)C2O. The van der Waals surface area contributed by atoms with Crippen LogP contribution in [0.15, 0.2) is 17.0 Å². The van der Waals surface area contributed by atoms with Crippen molar-refractivity contribution >= 4 is 15.8 Å². The fraction of sp³-hybridized carbons (Fsp3) is 0.462. The molecule has 2 rings (SSSR count). The molecule has 1 aromatic carbocycles. The lowest BCUT2D eigenvalue weighted by atomic mass is 10.1. The average Bonchev–Trinajstić information content (AvgIpc) is 2.74. The Kier molecular flexibility index (Phi) is 4.72. The Morgan fingerprint density at radius 2 is 1.96 bits per heavy atom. The fourth-order valence-corrected chi connectivity index (χ4v) is 3.36. The van der Waals surface area contributed by atoms with Crippen molar-refractivity contribution in [2.75, 3.05) is 13.7 Å². The molecule has 0 heterocycles. The molecular formula is C13H11F5O6S. The summed E-state index contributed by atoms with van der Waals surface area (Å²) in [6.07, 6.45) is -4.02. The van der Waals surface area contributed by atoms with Gasteiger partial charge >= 0.3 is 11.5 Å². The molecule has 0 fully saturated rings. The number of aliphatic hydroxyl groups excluding tert-OH is 1. The minimum absolute atomic E-state index is 0.402. The second kappa shape index (κ2) is 6.09. The molecule has 1 N–H and O–H groups in total. The summed E-state index contributed by atoms with van der Waals surface area (Å²) >= 11 is 0. The number of carbonyl (C=O) groups is 1. The second-order valence-electron chi connectivity index (χ2n) is 5.11. The van der Waals surface area contributed by atoms with Gasteiger partial charge in [0.25, 0.3) is 15.8 Å². The monoisotopic (exact) mass is 390 g/mol. The van der Waals surface area contributed by atoms with Gasteiger partial charge in [0.05, 0.1) is 12.0 Å². The Labute approximate surface area is 138 Å². The third-order valence-electron chi connectivity index (χ3n) is 3.53. The summed E-state index contributed by atoms with van der Waals surface area (Å²) in [6, 6.07) is 1.12. The van der Waals surface area contributed by atoms with Gasteiger partial charge in [-0.15, -0.1) is 0 Å². The van der Waals surface area contributed by atoms with Crippen LogP contribution in [0, 0.1) is 0 Å². The number of benzene rings is 1. The third-order valence-corrected chi connectivity index (χ3v) is 5.07. The number of alkyl halides is 5. The number of sulfone groups is 1. The minimum Gasteiger partial charge on any atom is -0.482 e. The highest BCUT2D eigenvalue weighted by Crippen LogP contribution is 2.50. The molecule has 0 saturated heterocycles. The molecule has 1 aliphatic rings. The van der Waals surface area contributed by atoms with Gasteiger partial charge in [0, 0.05) is 17.5 Å². The first kappa shape index (κ1) is 19.4. The zero-order chi connectivity index (χ0) is 19.2. The van der Waals surface area contributed by atoms with Crippen LogP contribution in [-0.4, -0.2) is 44.6 Å². The maximum absolute atomic E-state index is 13.8. The van der Waals surface area contributed by atoms with Gasteiger partial charge in [-0.05, 0) is 12.1 Å². The van der Waals surface area contributed by atoms with Crippen molar-refractivity contribution in [2.45, 2.75) is 28.9 Å². The van der Waals surface area contributed by atoms with E-state index < -0.39 is 68.1 Å². The predicted octanol–water partition coefficient (Wildman–Crippen LogP) is 1.76. The van der Waals surface area contributed by atoms with Gasteiger partial charge in [-0.25, -0.2) is 22.0 Å². The smallest absolute Gasteiger partial charge is 0.482 e. The number of hydrogen-bond donors (Lipinski definition) is 1. The molecule has 1 unspecified atom stereocenters. The quantitative estimate of drug-likeness (QED) is 0.623. The van der Waals surface area contributed by atoms with Crippen LogP contribution in [0.4, 0.5) is 22.0 Å². The number of hydrogen-bond acceptors (Lipinski definition) is 6. The van der Waals surface area contributed by atoms with Crippen molar-refractivity contribution in [3.63, 3.8) is 0 Å². The van der Waals surface area contributed by atoms with E-state index in [2.05, 4.69) is 4.74 Å². The molecule has 0 aliphatic heterocycles. The predicted molar refractivity (Wildman–Crippen MR) is 70.8 cm³/mol. The van der Waals surface area contributed by atoms with Crippen LogP contribution in [0.2, 0.25) is 0 Å². The molecule has 0 bridgehead atoms. The number of aliphatic hydroxyl groups is 1. The molecule has 0 aromatic heterocycles. The Morgan fingerprint density at radius 1 is 1.36 bits per heavy atom. The van der Waals surface area contributed by atoms with Crippen LogP contribution in [0.3, 0.4) is 0 Å². The van der Waals surface area contributed by atoms with Crippen LogP contribution in [-0.2, 0) is 25.8 Å². The van der Waals surface area contributed by atoms with Gasteiger partial charge in [-0.2, -0.15) is 13.2 Å². The first-order chi connectivity index (χ1) is 11.3. The topological polar surface area (TPSA) is 89.9 Å². The first-order valence-corrected chi connectivity index (χ1v) is 8.04. The van der Waals surface area contributed by atoms with E-state index in [9.17, 15) is 40.3 Å². The number of rotatable bonds is 4. The summed E-state index contributed by atoms with van der Waals surface area (Å²) < 4.78 is 98.2. The zero-order valence-electron chi connectivity index (χ0n) is 12.4. The lowest BCUT2D eigenvalue weighted by Crippen LogP contribution is -2.26. The molecule has 6 nitrogen and oxygen atoms in total. The van der Waals surface area contributed by atoms with E-state index in [-0.39, 0.29) is 0 Å². The van der Waals surface area contributed by atoms with Gasteiger partial charge in [-0.1, -0.05) is 0 Å². The molecule has 1 aliphatic carbocycles. The summed E-state index contributed by atoms with van der Waals surface area (Å²) in [5, 5.41) is 9.64. The Bertz CT molecular complexity index is 802. The number of halogens is 5. The van der Waals surface area contributed by atoms with Crippen molar-refractivity contribution in [3.8, 4) is 5.75 Å². The highest BCUT2D eigenvalue weighted by Gasteiger charge is 2.55. The number of carbonyl (C=O) groups excluding carboxylic acids is 1. The largest absolute Gasteiger partial charge is 0.501 e. The molecule has 140 valence electrons. The standard InChI is InChI=1S/C13H11F5O6S/c1-23-9(19)5-24-7-2-3-8(25(21,22)13(16,17)18)10-6(7)4-12(14,15)11(10)20/h2-3,11,20H,4-5H2,1H3. The molecule has 0 amide bonds. The molecule has 25 heavy (non-hydrogen) atoms. The Morgan fingerprint density at radius 3 is 2.48 bits per heavy atom. The van der Waals surface area contributed by atoms with E-state index in [1.807, 2.05) is 0 Å². The Balaban J connectivity index is 2.61. The normalized spacial score (nSPS) is 19.4. The highest BCUT2D eigenvalue weighted by molar-refractivity contribution is 7.92. The zero-order valence-corrected chi connectivity index (χ0v) is 13.2. The van der Waals surface area contributed by atoms with E-state index >= 15 is 0 Å². The number of methoxy groups -OCH3 is 1. The van der Waals surface area contributed by atoms with Crippen LogP contribution in [0.1, 0.15) is 17.2 Å². The summed E-state index contributed by atoms with van der Waals surface area (Å²) in [4.78, 5) is 9.56. The maximum Gasteiger partial charge on any atom is 0.501 e. The van der Waals surface area contributed by atoms with E-state index in [1.165, 1.54) is 0 Å². The van der Waals surface area contributed by atoms with Crippen molar-refractivity contribution in [1.29, 1.82) is 0 Å². The van der Waals surface area contributed by atoms with Crippen LogP contribution < -0.4 is 4.74 Å². The lowest BCUT2D eigenvalue weighted by Gasteiger charge is -2.17. The minimum atomic E-state index is -5.98. The van der Waals surface area contributed by atoms with Crippen molar-refractivity contribution in [2.24, 2.45) is 0 Å². The summed E-state index contributed by atoms with van der Waals surface area (Å²) in [5.74, 6) is -5.24. The van der Waals surface area contributed by atoms with Crippen LogP contribution >= 0.6 is 0 Å². The second-order valence-corrected chi connectivity index (χ2v) is 7.02. The molecular weight excluding hydrogens is 379 g/mol. The third kappa shape index (κ3) is 3.27. The summed E-state index contributed by atoms with van der Waals surface area (Å²) in [7, 11) is -4.96. The molecule has 0 saturated carbocycles. The molecule has 1 aromatic rings. The van der Waals surface area contributed by atoms with Gasteiger partial charge in [0.2, 0.25) is 0 Å². The average molecular weight is 390 g/mol. The van der Waals surface area contributed by atoms with Crippen LogP contribution in [0.25, 0.3) is 0 Å². The molecule has 1 atom stereocenters. The highest BCUT2D eigenvalue weighted by atomic mass is 32.2. The summed E-state index contributed by atoms with van der Waals surface area (Å²) in [6.45, 7) is -0.740. The van der Waals surface area contributed by atoms with E-state index in [1.54, 1.807) is 0 Å². The number of fused-ring (bicyclic) bond motifs is 1. The van der Waals surface area contributed by atoms with Gasteiger partial charge in [0.1, 0.15) is 11.9 Å². The number of ether oxygens (including phenoxy) is 2. The maximum atomic E-state index is 13.8.